The Morgan fingerprint density at radius 2 is 1.81 bits per heavy atom. The van der Waals surface area contributed by atoms with E-state index >= 15 is 0 Å². The van der Waals surface area contributed by atoms with Gasteiger partial charge in [-0.05, 0) is 32.8 Å². The number of aromatic nitrogens is 2. The maximum absolute atomic E-state index is 13.0. The third-order valence-electron chi connectivity index (χ3n) is 4.61. The average Bonchev–Trinajstić information content (AvgIpc) is 2.93. The molecular weight excluding hydrogens is 268 g/mol. The first-order chi connectivity index (χ1) is 9.96. The molecule has 6 heteroatoms. The van der Waals surface area contributed by atoms with Crippen molar-refractivity contribution in [3.8, 4) is 0 Å². The minimum atomic E-state index is -0.885. The van der Waals surface area contributed by atoms with Crippen LogP contribution in [0.2, 0.25) is 0 Å². The highest BCUT2D eigenvalue weighted by Gasteiger charge is 2.55. The van der Waals surface area contributed by atoms with E-state index in [9.17, 15) is 9.59 Å². The summed E-state index contributed by atoms with van der Waals surface area (Å²) in [6.45, 7) is 3.80. The molecule has 2 aliphatic rings. The molecule has 0 unspecified atom stereocenters. The van der Waals surface area contributed by atoms with Gasteiger partial charge in [0.25, 0.3) is 0 Å². The number of amides is 2. The van der Waals surface area contributed by atoms with Crippen LogP contribution in [0.5, 0.6) is 0 Å². The third-order valence-corrected chi connectivity index (χ3v) is 4.61. The van der Waals surface area contributed by atoms with Gasteiger partial charge in [-0.25, -0.2) is 9.97 Å². The van der Waals surface area contributed by atoms with Crippen LogP contribution in [0.25, 0.3) is 0 Å². The SMILES string of the molecule is CC1(C)C(=O)NC2(CCCC2)C(=O)N1Cc1ncccn1. The van der Waals surface area contributed by atoms with Gasteiger partial charge in [-0.15, -0.1) is 0 Å². The lowest BCUT2D eigenvalue weighted by Gasteiger charge is -2.48. The average molecular weight is 288 g/mol. The van der Waals surface area contributed by atoms with E-state index < -0.39 is 11.1 Å². The number of nitrogens with zero attached hydrogens (tertiary/aromatic N) is 3. The quantitative estimate of drug-likeness (QED) is 0.882. The van der Waals surface area contributed by atoms with Crippen molar-refractivity contribution >= 4 is 11.8 Å². The third kappa shape index (κ3) is 2.18. The second-order valence-corrected chi connectivity index (χ2v) is 6.36. The molecule has 112 valence electrons. The smallest absolute Gasteiger partial charge is 0.249 e. The molecule has 1 aliphatic heterocycles. The molecular formula is C15H20N4O2. The second kappa shape index (κ2) is 4.79. The van der Waals surface area contributed by atoms with Crippen molar-refractivity contribution in [2.75, 3.05) is 0 Å². The fourth-order valence-electron chi connectivity index (χ4n) is 3.20. The molecule has 1 aromatic heterocycles. The van der Waals surface area contributed by atoms with Crippen LogP contribution in [0.4, 0.5) is 0 Å². The Labute approximate surface area is 124 Å². The Morgan fingerprint density at radius 1 is 1.19 bits per heavy atom. The summed E-state index contributed by atoms with van der Waals surface area (Å²) in [5.41, 5.74) is -1.59. The number of piperazine rings is 1. The lowest BCUT2D eigenvalue weighted by Crippen LogP contribution is -2.73. The first-order valence-electron chi connectivity index (χ1n) is 7.36. The predicted octanol–water partition coefficient (Wildman–Crippen LogP) is 1.03. The molecule has 2 heterocycles. The summed E-state index contributed by atoms with van der Waals surface area (Å²) in [5, 5.41) is 2.98. The molecule has 0 atom stereocenters. The summed E-state index contributed by atoms with van der Waals surface area (Å²) < 4.78 is 0. The largest absolute Gasteiger partial charge is 0.340 e. The van der Waals surface area contributed by atoms with Gasteiger partial charge < -0.3 is 10.2 Å². The van der Waals surface area contributed by atoms with Crippen LogP contribution in [-0.2, 0) is 16.1 Å². The summed E-state index contributed by atoms with van der Waals surface area (Å²) in [6, 6.07) is 1.73. The van der Waals surface area contributed by atoms with Gasteiger partial charge in [0.1, 0.15) is 16.9 Å². The van der Waals surface area contributed by atoms with Crippen LogP contribution in [0.15, 0.2) is 18.5 Å². The lowest BCUT2D eigenvalue weighted by atomic mass is 9.86. The van der Waals surface area contributed by atoms with Crippen molar-refractivity contribution in [1.82, 2.24) is 20.2 Å². The summed E-state index contributed by atoms with van der Waals surface area (Å²) in [5.74, 6) is 0.457. The molecule has 1 aliphatic carbocycles. The molecule has 2 fully saturated rings. The van der Waals surface area contributed by atoms with E-state index in [0.717, 1.165) is 25.7 Å². The van der Waals surface area contributed by atoms with E-state index in [1.807, 2.05) is 0 Å². The highest BCUT2D eigenvalue weighted by atomic mass is 16.2. The summed E-state index contributed by atoms with van der Waals surface area (Å²) in [7, 11) is 0. The van der Waals surface area contributed by atoms with Crippen LogP contribution in [0.3, 0.4) is 0 Å². The first kappa shape index (κ1) is 14.0. The van der Waals surface area contributed by atoms with Crippen LogP contribution in [0.1, 0.15) is 45.4 Å². The number of carbonyl (C=O) groups excluding carboxylic acids is 2. The van der Waals surface area contributed by atoms with Crippen molar-refractivity contribution in [1.29, 1.82) is 0 Å². The zero-order valence-electron chi connectivity index (χ0n) is 12.4. The van der Waals surface area contributed by atoms with Crippen molar-refractivity contribution in [2.24, 2.45) is 0 Å². The van der Waals surface area contributed by atoms with Gasteiger partial charge >= 0.3 is 0 Å². The van der Waals surface area contributed by atoms with Crippen molar-refractivity contribution in [3.63, 3.8) is 0 Å². The van der Waals surface area contributed by atoms with Gasteiger partial charge in [-0.1, -0.05) is 12.8 Å². The molecule has 1 saturated carbocycles. The van der Waals surface area contributed by atoms with Gasteiger partial charge in [0.2, 0.25) is 11.8 Å². The van der Waals surface area contributed by atoms with Crippen molar-refractivity contribution in [2.45, 2.75) is 57.2 Å². The van der Waals surface area contributed by atoms with Crippen LogP contribution in [-0.4, -0.2) is 37.8 Å². The van der Waals surface area contributed by atoms with Gasteiger partial charge in [0.05, 0.1) is 6.54 Å². The standard InChI is InChI=1S/C15H20N4O2/c1-14(2)12(20)18-15(6-3-4-7-15)13(21)19(14)10-11-16-8-5-9-17-11/h5,8-9H,3-4,6-7,10H2,1-2H3,(H,18,20). The maximum atomic E-state index is 13.0. The maximum Gasteiger partial charge on any atom is 0.249 e. The number of rotatable bonds is 2. The molecule has 3 rings (SSSR count). The van der Waals surface area contributed by atoms with Crippen molar-refractivity contribution < 1.29 is 9.59 Å². The Balaban J connectivity index is 1.94. The molecule has 6 nitrogen and oxygen atoms in total. The molecule has 0 radical (unpaired) electrons. The van der Waals surface area contributed by atoms with E-state index in [-0.39, 0.29) is 18.4 Å². The summed E-state index contributed by atoms with van der Waals surface area (Å²) in [4.78, 5) is 35.4. The van der Waals surface area contributed by atoms with E-state index in [2.05, 4.69) is 15.3 Å². The lowest BCUT2D eigenvalue weighted by molar-refractivity contribution is -0.162. The van der Waals surface area contributed by atoms with Crippen LogP contribution >= 0.6 is 0 Å². The molecule has 21 heavy (non-hydrogen) atoms. The number of hydrogen-bond donors (Lipinski definition) is 1. The Bertz CT molecular complexity index is 564. The number of hydrogen-bond acceptors (Lipinski definition) is 4. The monoisotopic (exact) mass is 288 g/mol. The van der Waals surface area contributed by atoms with E-state index in [4.69, 9.17) is 0 Å². The fraction of sp³-hybridized carbons (Fsp3) is 0.600. The normalized spacial score (nSPS) is 23.4. The molecule has 1 N–H and O–H groups in total. The number of nitrogens with one attached hydrogen (secondary N) is 1. The van der Waals surface area contributed by atoms with Crippen molar-refractivity contribution in [3.05, 3.63) is 24.3 Å². The molecule has 1 aromatic rings. The molecule has 1 spiro atoms. The minimum Gasteiger partial charge on any atom is -0.340 e. The van der Waals surface area contributed by atoms with Gasteiger partial charge in [-0.2, -0.15) is 0 Å². The predicted molar refractivity (Wildman–Crippen MR) is 76.0 cm³/mol. The van der Waals surface area contributed by atoms with Gasteiger partial charge in [0.15, 0.2) is 0 Å². The topological polar surface area (TPSA) is 75.2 Å². The molecule has 0 bridgehead atoms. The van der Waals surface area contributed by atoms with E-state index in [0.29, 0.717) is 5.82 Å². The van der Waals surface area contributed by atoms with E-state index in [1.54, 1.807) is 37.2 Å². The highest BCUT2D eigenvalue weighted by molar-refractivity contribution is 6.02. The fourth-order valence-corrected chi connectivity index (χ4v) is 3.20. The Hall–Kier alpha value is -1.98. The molecule has 2 amide bonds. The van der Waals surface area contributed by atoms with Gasteiger partial charge in [0, 0.05) is 12.4 Å². The Morgan fingerprint density at radius 3 is 2.43 bits per heavy atom. The molecule has 1 saturated heterocycles. The first-order valence-corrected chi connectivity index (χ1v) is 7.36. The summed E-state index contributed by atoms with van der Waals surface area (Å²) in [6.07, 6.45) is 6.69. The molecule has 0 aromatic carbocycles. The van der Waals surface area contributed by atoms with Crippen LogP contribution in [0, 0.1) is 0 Å². The zero-order chi connectivity index (χ0) is 15.1. The van der Waals surface area contributed by atoms with Gasteiger partial charge in [-0.3, -0.25) is 9.59 Å². The minimum absolute atomic E-state index is 0.00273. The van der Waals surface area contributed by atoms with Crippen LogP contribution < -0.4 is 5.32 Å². The highest BCUT2D eigenvalue weighted by Crippen LogP contribution is 2.37. The van der Waals surface area contributed by atoms with E-state index in [1.165, 1.54) is 0 Å². The summed E-state index contributed by atoms with van der Waals surface area (Å²) >= 11 is 0. The zero-order valence-corrected chi connectivity index (χ0v) is 12.4. The second-order valence-electron chi connectivity index (χ2n) is 6.36. The number of carbonyl (C=O) groups is 2. The Kier molecular flexibility index (Phi) is 3.19.